The van der Waals surface area contributed by atoms with Crippen molar-refractivity contribution in [2.75, 3.05) is 13.2 Å². The van der Waals surface area contributed by atoms with Gasteiger partial charge < -0.3 is 15.2 Å². The summed E-state index contributed by atoms with van der Waals surface area (Å²) in [5.41, 5.74) is 5.57. The lowest BCUT2D eigenvalue weighted by Crippen LogP contribution is -2.25. The molecule has 1 rings (SSSR count). The standard InChI is InChI=1S/C13H18F3NO2/c1-12(2,9-17)7-8-18-10-3-5-11(6-4-10)19-13(14,15)16/h3-6H,7-9,17H2,1-2H3. The van der Waals surface area contributed by atoms with Gasteiger partial charge in [0.25, 0.3) is 0 Å². The zero-order valence-corrected chi connectivity index (χ0v) is 11.0. The molecule has 3 nitrogen and oxygen atoms in total. The van der Waals surface area contributed by atoms with Crippen molar-refractivity contribution in [3.63, 3.8) is 0 Å². The lowest BCUT2D eigenvalue weighted by molar-refractivity contribution is -0.274. The molecule has 0 aliphatic heterocycles. The first-order valence-electron chi connectivity index (χ1n) is 5.90. The van der Waals surface area contributed by atoms with Crippen LogP contribution in [0.2, 0.25) is 0 Å². The van der Waals surface area contributed by atoms with E-state index in [9.17, 15) is 13.2 Å². The fourth-order valence-electron chi connectivity index (χ4n) is 1.28. The molecule has 0 bridgehead atoms. The van der Waals surface area contributed by atoms with Gasteiger partial charge in [0.1, 0.15) is 11.5 Å². The molecular formula is C13H18F3NO2. The van der Waals surface area contributed by atoms with Crippen LogP contribution in [0.25, 0.3) is 0 Å². The molecule has 6 heteroatoms. The van der Waals surface area contributed by atoms with Crippen LogP contribution in [-0.4, -0.2) is 19.5 Å². The quantitative estimate of drug-likeness (QED) is 0.867. The van der Waals surface area contributed by atoms with Gasteiger partial charge in [-0.15, -0.1) is 13.2 Å². The van der Waals surface area contributed by atoms with Gasteiger partial charge in [-0.05, 0) is 42.6 Å². The number of hydrogen-bond acceptors (Lipinski definition) is 3. The SMILES string of the molecule is CC(C)(CN)CCOc1ccc(OC(F)(F)F)cc1. The molecule has 0 atom stereocenters. The van der Waals surface area contributed by atoms with Gasteiger partial charge in [-0.2, -0.15) is 0 Å². The smallest absolute Gasteiger partial charge is 0.494 e. The molecule has 0 aliphatic carbocycles. The number of benzene rings is 1. The second kappa shape index (κ2) is 6.14. The maximum absolute atomic E-state index is 11.9. The molecule has 0 unspecified atom stereocenters. The number of rotatable bonds is 6. The Morgan fingerprint density at radius 2 is 1.58 bits per heavy atom. The Balaban J connectivity index is 2.45. The molecule has 0 saturated heterocycles. The highest BCUT2D eigenvalue weighted by molar-refractivity contribution is 5.31. The van der Waals surface area contributed by atoms with E-state index in [4.69, 9.17) is 10.5 Å². The average molecular weight is 277 g/mol. The van der Waals surface area contributed by atoms with Gasteiger partial charge in [0.15, 0.2) is 0 Å². The van der Waals surface area contributed by atoms with Crippen molar-refractivity contribution in [1.82, 2.24) is 0 Å². The highest BCUT2D eigenvalue weighted by Gasteiger charge is 2.30. The Morgan fingerprint density at radius 1 is 1.05 bits per heavy atom. The van der Waals surface area contributed by atoms with Gasteiger partial charge in [0, 0.05) is 0 Å². The number of alkyl halides is 3. The lowest BCUT2D eigenvalue weighted by Gasteiger charge is -2.22. The molecule has 0 radical (unpaired) electrons. The van der Waals surface area contributed by atoms with Gasteiger partial charge in [-0.25, -0.2) is 0 Å². The van der Waals surface area contributed by atoms with E-state index in [0.717, 1.165) is 6.42 Å². The van der Waals surface area contributed by atoms with Crippen molar-refractivity contribution in [3.05, 3.63) is 24.3 Å². The molecule has 19 heavy (non-hydrogen) atoms. The van der Waals surface area contributed by atoms with E-state index in [2.05, 4.69) is 4.74 Å². The third kappa shape index (κ3) is 6.33. The zero-order chi connectivity index (χ0) is 14.5. The summed E-state index contributed by atoms with van der Waals surface area (Å²) in [7, 11) is 0. The van der Waals surface area contributed by atoms with Crippen LogP contribution in [0, 0.1) is 5.41 Å². The molecular weight excluding hydrogens is 259 g/mol. The Hall–Kier alpha value is -1.43. The Kier molecular flexibility index (Phi) is 5.05. The van der Waals surface area contributed by atoms with E-state index in [1.54, 1.807) is 0 Å². The summed E-state index contributed by atoms with van der Waals surface area (Å²) < 4.78 is 45.0. The molecule has 1 aromatic carbocycles. The predicted molar refractivity (Wildman–Crippen MR) is 66.1 cm³/mol. The molecule has 0 aromatic heterocycles. The van der Waals surface area contributed by atoms with E-state index < -0.39 is 6.36 Å². The summed E-state index contributed by atoms with van der Waals surface area (Å²) in [5, 5.41) is 0. The van der Waals surface area contributed by atoms with Gasteiger partial charge in [0.2, 0.25) is 0 Å². The molecule has 0 aliphatic rings. The van der Waals surface area contributed by atoms with Crippen LogP contribution in [0.1, 0.15) is 20.3 Å². The minimum Gasteiger partial charge on any atom is -0.494 e. The highest BCUT2D eigenvalue weighted by Crippen LogP contribution is 2.25. The van der Waals surface area contributed by atoms with Crippen molar-refractivity contribution in [3.8, 4) is 11.5 Å². The van der Waals surface area contributed by atoms with E-state index in [1.807, 2.05) is 13.8 Å². The summed E-state index contributed by atoms with van der Waals surface area (Å²) in [5.74, 6) is 0.240. The first kappa shape index (κ1) is 15.6. The molecule has 0 saturated carbocycles. The average Bonchev–Trinajstić information content (AvgIpc) is 2.29. The fourth-order valence-corrected chi connectivity index (χ4v) is 1.28. The van der Waals surface area contributed by atoms with Crippen molar-refractivity contribution in [2.45, 2.75) is 26.6 Å². The third-order valence-corrected chi connectivity index (χ3v) is 2.66. The monoisotopic (exact) mass is 277 g/mol. The van der Waals surface area contributed by atoms with Crippen LogP contribution < -0.4 is 15.2 Å². The number of hydrogen-bond donors (Lipinski definition) is 1. The first-order chi connectivity index (χ1) is 8.72. The molecule has 1 aromatic rings. The van der Waals surface area contributed by atoms with Crippen LogP contribution >= 0.6 is 0 Å². The lowest BCUT2D eigenvalue weighted by atomic mass is 9.90. The Labute approximate surface area is 110 Å². The minimum absolute atomic E-state index is 0.0145. The summed E-state index contributed by atoms with van der Waals surface area (Å²) >= 11 is 0. The predicted octanol–water partition coefficient (Wildman–Crippen LogP) is 3.34. The number of nitrogens with two attached hydrogens (primary N) is 1. The van der Waals surface area contributed by atoms with Gasteiger partial charge >= 0.3 is 6.36 Å². The van der Waals surface area contributed by atoms with Crippen LogP contribution in [0.5, 0.6) is 11.5 Å². The first-order valence-corrected chi connectivity index (χ1v) is 5.90. The third-order valence-electron chi connectivity index (χ3n) is 2.66. The van der Waals surface area contributed by atoms with E-state index >= 15 is 0 Å². The summed E-state index contributed by atoms with van der Waals surface area (Å²) in [6.45, 7) is 5.06. The highest BCUT2D eigenvalue weighted by atomic mass is 19.4. The van der Waals surface area contributed by atoms with Crippen LogP contribution in [0.15, 0.2) is 24.3 Å². The number of halogens is 3. The Bertz CT molecular complexity index is 388. The van der Waals surface area contributed by atoms with E-state index in [0.29, 0.717) is 18.9 Å². The van der Waals surface area contributed by atoms with Crippen LogP contribution in [0.3, 0.4) is 0 Å². The molecule has 0 heterocycles. The number of ether oxygens (including phenoxy) is 2. The van der Waals surface area contributed by atoms with Gasteiger partial charge in [-0.3, -0.25) is 0 Å². The molecule has 2 N–H and O–H groups in total. The largest absolute Gasteiger partial charge is 0.573 e. The molecule has 0 spiro atoms. The van der Waals surface area contributed by atoms with Gasteiger partial charge in [0.05, 0.1) is 6.61 Å². The summed E-state index contributed by atoms with van der Waals surface area (Å²) in [6.07, 6.45) is -3.90. The van der Waals surface area contributed by atoms with Crippen LogP contribution in [0.4, 0.5) is 13.2 Å². The van der Waals surface area contributed by atoms with Gasteiger partial charge in [-0.1, -0.05) is 13.8 Å². The second-order valence-electron chi connectivity index (χ2n) is 4.99. The van der Waals surface area contributed by atoms with Crippen molar-refractivity contribution in [2.24, 2.45) is 11.1 Å². The van der Waals surface area contributed by atoms with Crippen molar-refractivity contribution in [1.29, 1.82) is 0 Å². The Morgan fingerprint density at radius 3 is 2.05 bits per heavy atom. The zero-order valence-electron chi connectivity index (χ0n) is 11.0. The minimum atomic E-state index is -4.67. The maximum atomic E-state index is 11.9. The van der Waals surface area contributed by atoms with Crippen molar-refractivity contribution >= 4 is 0 Å². The summed E-state index contributed by atoms with van der Waals surface area (Å²) in [4.78, 5) is 0. The maximum Gasteiger partial charge on any atom is 0.573 e. The fraction of sp³-hybridized carbons (Fsp3) is 0.538. The van der Waals surface area contributed by atoms with E-state index in [-0.39, 0.29) is 11.2 Å². The van der Waals surface area contributed by atoms with Crippen molar-refractivity contribution < 1.29 is 22.6 Å². The second-order valence-corrected chi connectivity index (χ2v) is 4.99. The summed E-state index contributed by atoms with van der Waals surface area (Å²) in [6, 6.07) is 5.32. The molecule has 108 valence electrons. The topological polar surface area (TPSA) is 44.5 Å². The van der Waals surface area contributed by atoms with Crippen LogP contribution in [-0.2, 0) is 0 Å². The normalized spacial score (nSPS) is 12.3. The molecule has 0 fully saturated rings. The van der Waals surface area contributed by atoms with E-state index in [1.165, 1.54) is 24.3 Å². The molecule has 0 amide bonds.